The van der Waals surface area contributed by atoms with Crippen molar-refractivity contribution in [1.29, 1.82) is 0 Å². The second kappa shape index (κ2) is 17.8. The number of aromatic nitrogens is 8. The summed E-state index contributed by atoms with van der Waals surface area (Å²) in [5, 5.41) is 18.8. The summed E-state index contributed by atoms with van der Waals surface area (Å²) >= 11 is 0. The molecule has 2 aliphatic carbocycles. The summed E-state index contributed by atoms with van der Waals surface area (Å²) in [6, 6.07) is 38.1. The number of benzene rings is 4. The molecule has 0 saturated heterocycles. The molecule has 69 heavy (non-hydrogen) atoms. The number of pyridine rings is 1. The van der Waals surface area contributed by atoms with Gasteiger partial charge in [-0.1, -0.05) is 110 Å². The Labute approximate surface area is 398 Å². The summed E-state index contributed by atoms with van der Waals surface area (Å²) in [5.74, 6) is 0.864. The molecule has 1 aliphatic heterocycles. The standard InChI is InChI=1S/C58H45N11/c1-37-33-60-61-34-49(37)64-53(40-14-8-5-9-15-40)38(2)39-23-25-41(26-24-39)54-55(42-27-29-45(30-28-42)68-52-36-63-62-35-50(52)65-57(68)43-16-6-3-4-7-17-43)67-56(66-54)44-18-12-19-46(32-44)69-51-22-11-10-20-47(51)48-21-13-31-59-58(48)69/h6,8,10-36,56H,2-5,7,9H2,1H3. The van der Waals surface area contributed by atoms with Gasteiger partial charge in [0, 0.05) is 56.2 Å². The fourth-order valence-electron chi connectivity index (χ4n) is 9.53. The number of aryl methyl sites for hydroxylation is 1. The largest absolute Gasteiger partial charge is 0.294 e. The zero-order valence-electron chi connectivity index (χ0n) is 38.0. The Bertz CT molecular complexity index is 3670. The Morgan fingerprint density at radius 3 is 2.25 bits per heavy atom. The second-order valence-electron chi connectivity index (χ2n) is 17.4. The molecule has 332 valence electrons. The normalized spacial score (nSPS) is 16.1. The van der Waals surface area contributed by atoms with Crippen molar-refractivity contribution in [3.05, 3.63) is 222 Å². The minimum Gasteiger partial charge on any atom is -0.294 e. The van der Waals surface area contributed by atoms with Crippen molar-refractivity contribution in [3.63, 3.8) is 0 Å². The quantitative estimate of drug-likeness (QED) is 0.126. The van der Waals surface area contributed by atoms with Gasteiger partial charge in [0.05, 0.1) is 58.6 Å². The molecule has 0 fully saturated rings. The molecule has 5 aromatic heterocycles. The summed E-state index contributed by atoms with van der Waals surface area (Å²) in [6.07, 6.45) is 26.6. The van der Waals surface area contributed by atoms with Crippen LogP contribution in [0.1, 0.15) is 71.9 Å². The third-order valence-electron chi connectivity index (χ3n) is 13.0. The minimum atomic E-state index is -0.497. The lowest BCUT2D eigenvalue weighted by atomic mass is 9.92. The van der Waals surface area contributed by atoms with Gasteiger partial charge in [-0.3, -0.25) is 19.1 Å². The number of aliphatic imine (C=N–C) groups is 3. The highest BCUT2D eigenvalue weighted by molar-refractivity contribution is 6.54. The zero-order valence-corrected chi connectivity index (χ0v) is 38.0. The van der Waals surface area contributed by atoms with Crippen LogP contribution in [0, 0.1) is 6.92 Å². The first kappa shape index (κ1) is 41.6. The van der Waals surface area contributed by atoms with Gasteiger partial charge >= 0.3 is 0 Å². The predicted octanol–water partition coefficient (Wildman–Crippen LogP) is 12.6. The van der Waals surface area contributed by atoms with E-state index in [1.807, 2.05) is 19.2 Å². The number of hydrogen-bond donors (Lipinski definition) is 0. The van der Waals surface area contributed by atoms with Crippen LogP contribution in [0.4, 0.5) is 5.69 Å². The molecular weight excluding hydrogens is 851 g/mol. The van der Waals surface area contributed by atoms with Crippen LogP contribution in [-0.2, 0) is 0 Å². The third-order valence-corrected chi connectivity index (χ3v) is 13.0. The van der Waals surface area contributed by atoms with Crippen LogP contribution < -0.4 is 0 Å². The molecule has 0 spiro atoms. The molecule has 9 aromatic rings. The van der Waals surface area contributed by atoms with Crippen molar-refractivity contribution >= 4 is 66.9 Å². The van der Waals surface area contributed by atoms with E-state index in [2.05, 4.69) is 176 Å². The summed E-state index contributed by atoms with van der Waals surface area (Å²) < 4.78 is 4.40. The van der Waals surface area contributed by atoms with Crippen LogP contribution in [0.2, 0.25) is 0 Å². The van der Waals surface area contributed by atoms with Gasteiger partial charge in [0.15, 0.2) is 6.17 Å². The highest BCUT2D eigenvalue weighted by Crippen LogP contribution is 2.36. The number of allylic oxidation sites excluding steroid dienone is 9. The fraction of sp³-hybridized carbons (Fsp3) is 0.121. The van der Waals surface area contributed by atoms with E-state index in [-0.39, 0.29) is 0 Å². The Balaban J connectivity index is 0.947. The van der Waals surface area contributed by atoms with Crippen LogP contribution in [0.25, 0.3) is 55.5 Å². The molecular formula is C58H45N11. The molecule has 0 N–H and O–H groups in total. The predicted molar refractivity (Wildman–Crippen MR) is 278 cm³/mol. The first-order chi connectivity index (χ1) is 34.1. The molecule has 11 heteroatoms. The molecule has 0 bridgehead atoms. The molecule has 1 unspecified atom stereocenters. The minimum absolute atomic E-state index is 0.497. The van der Waals surface area contributed by atoms with Crippen molar-refractivity contribution in [2.24, 2.45) is 15.0 Å². The molecule has 0 radical (unpaired) electrons. The molecule has 0 amide bonds. The van der Waals surface area contributed by atoms with Gasteiger partial charge in [0.25, 0.3) is 0 Å². The maximum absolute atomic E-state index is 5.45. The van der Waals surface area contributed by atoms with E-state index in [9.17, 15) is 0 Å². The molecule has 4 aromatic carbocycles. The maximum atomic E-state index is 5.45. The van der Waals surface area contributed by atoms with Gasteiger partial charge in [0.2, 0.25) is 0 Å². The number of nitrogens with zero attached hydrogens (tertiary/aromatic N) is 11. The average Bonchev–Trinajstić information content (AvgIpc) is 4.05. The van der Waals surface area contributed by atoms with Crippen LogP contribution in [-0.4, -0.2) is 56.6 Å². The van der Waals surface area contributed by atoms with E-state index in [1.165, 1.54) is 0 Å². The van der Waals surface area contributed by atoms with Crippen molar-refractivity contribution in [2.45, 2.75) is 45.2 Å². The topological polar surface area (TPSA) is 124 Å². The zero-order chi connectivity index (χ0) is 46.3. The SMILES string of the molecule is C=C(C(=Nc1cnncc1C)C1=CCCC=C1)c1ccc(C2=NC(c3cccc(-n4c5ccccc5c5cccnc54)c3)N=C2c2ccc(-n3c(C4=CCCCC=C4)nc4cnncc43)cc2)cc1. The van der Waals surface area contributed by atoms with E-state index in [4.69, 9.17) is 24.9 Å². The second-order valence-corrected chi connectivity index (χ2v) is 17.4. The van der Waals surface area contributed by atoms with E-state index in [0.717, 1.165) is 150 Å². The van der Waals surface area contributed by atoms with E-state index >= 15 is 0 Å². The summed E-state index contributed by atoms with van der Waals surface area (Å²) in [6.45, 7) is 6.59. The lowest BCUT2D eigenvalue weighted by Gasteiger charge is -2.15. The average molecular weight is 896 g/mol. The van der Waals surface area contributed by atoms with E-state index in [0.29, 0.717) is 0 Å². The lowest BCUT2D eigenvalue weighted by Crippen LogP contribution is -2.14. The third kappa shape index (κ3) is 7.73. The van der Waals surface area contributed by atoms with E-state index < -0.39 is 6.17 Å². The van der Waals surface area contributed by atoms with Crippen LogP contribution in [0.3, 0.4) is 0 Å². The molecule has 0 saturated carbocycles. The van der Waals surface area contributed by atoms with E-state index in [1.54, 1.807) is 24.8 Å². The van der Waals surface area contributed by atoms with Gasteiger partial charge in [0.1, 0.15) is 17.0 Å². The first-order valence-electron chi connectivity index (χ1n) is 23.4. The smallest absolute Gasteiger partial charge is 0.166 e. The maximum Gasteiger partial charge on any atom is 0.166 e. The molecule has 1 atom stereocenters. The summed E-state index contributed by atoms with van der Waals surface area (Å²) in [5.41, 5.74) is 16.5. The Kier molecular flexibility index (Phi) is 10.7. The lowest BCUT2D eigenvalue weighted by molar-refractivity contribution is 0.797. The molecule has 11 nitrogen and oxygen atoms in total. The Morgan fingerprint density at radius 1 is 0.652 bits per heavy atom. The van der Waals surface area contributed by atoms with Gasteiger partial charge < -0.3 is 0 Å². The summed E-state index contributed by atoms with van der Waals surface area (Å²) in [7, 11) is 0. The monoisotopic (exact) mass is 895 g/mol. The summed E-state index contributed by atoms with van der Waals surface area (Å²) in [4.78, 5) is 25.9. The van der Waals surface area contributed by atoms with Gasteiger partial charge in [-0.25, -0.2) is 15.0 Å². The number of imidazole rings is 1. The van der Waals surface area contributed by atoms with Crippen LogP contribution in [0.5, 0.6) is 0 Å². The number of para-hydroxylation sites is 1. The number of hydrogen-bond acceptors (Lipinski definition) is 9. The Morgan fingerprint density at radius 2 is 1.42 bits per heavy atom. The van der Waals surface area contributed by atoms with Gasteiger partial charge in [-0.05, 0) is 98.2 Å². The fourth-order valence-corrected chi connectivity index (χ4v) is 9.53. The first-order valence-corrected chi connectivity index (χ1v) is 23.4. The number of rotatable bonds is 10. The van der Waals surface area contributed by atoms with Gasteiger partial charge in [-0.15, -0.1) is 0 Å². The highest BCUT2D eigenvalue weighted by Gasteiger charge is 2.27. The van der Waals surface area contributed by atoms with Crippen molar-refractivity contribution in [1.82, 2.24) is 39.5 Å². The van der Waals surface area contributed by atoms with Crippen molar-refractivity contribution in [3.8, 4) is 11.4 Å². The molecule has 6 heterocycles. The Hall–Kier alpha value is -8.83. The van der Waals surface area contributed by atoms with Crippen LogP contribution >= 0.6 is 0 Å². The van der Waals surface area contributed by atoms with Gasteiger partial charge in [-0.2, -0.15) is 20.4 Å². The van der Waals surface area contributed by atoms with Crippen molar-refractivity contribution in [2.75, 3.05) is 0 Å². The van der Waals surface area contributed by atoms with Crippen molar-refractivity contribution < 1.29 is 0 Å². The highest BCUT2D eigenvalue weighted by atomic mass is 15.1. The molecule has 12 rings (SSSR count). The van der Waals surface area contributed by atoms with Crippen LogP contribution in [0.15, 0.2) is 204 Å². The molecule has 3 aliphatic rings. The number of fused-ring (bicyclic) bond motifs is 4.